The molecule has 5 nitrogen and oxygen atoms in total. The van der Waals surface area contributed by atoms with Crippen molar-refractivity contribution in [3.8, 4) is 0 Å². The lowest BCUT2D eigenvalue weighted by molar-refractivity contribution is -0.671. The quantitative estimate of drug-likeness (QED) is 0.340. The number of aryl methyl sites for hydroxylation is 2. The van der Waals surface area contributed by atoms with E-state index in [0.717, 1.165) is 11.9 Å². The molecule has 1 aromatic rings. The van der Waals surface area contributed by atoms with Crippen molar-refractivity contribution in [2.24, 2.45) is 12.4 Å². The van der Waals surface area contributed by atoms with E-state index in [2.05, 4.69) is 24.0 Å². The molecule has 0 saturated carbocycles. The lowest BCUT2D eigenvalue weighted by Crippen LogP contribution is -2.23. The molecule has 0 N–H and O–H groups in total. The summed E-state index contributed by atoms with van der Waals surface area (Å²) in [6.07, 6.45) is 6.14. The van der Waals surface area contributed by atoms with Crippen molar-refractivity contribution in [1.29, 1.82) is 0 Å². The van der Waals surface area contributed by atoms with Crippen molar-refractivity contribution in [2.45, 2.75) is 13.5 Å². The highest BCUT2D eigenvalue weighted by Crippen LogP contribution is 1.79. The first-order valence-electron chi connectivity index (χ1n) is 3.20. The SMILES string of the molecule is CCn1cc[n+](C)c1.O=N[O-]. The standard InChI is InChI=1S/C6H11N2.HNO2/c1-3-8-5-4-7(2)6-8;2-1-3/h4-6H,3H2,1-2H3;(H,2,3)/q+1;/p-1. The summed E-state index contributed by atoms with van der Waals surface area (Å²) < 4.78 is 4.16. The molecule has 0 amide bonds. The second-order valence-electron chi connectivity index (χ2n) is 1.98. The van der Waals surface area contributed by atoms with E-state index in [9.17, 15) is 0 Å². The van der Waals surface area contributed by atoms with Crippen LogP contribution in [0.4, 0.5) is 0 Å². The van der Waals surface area contributed by atoms with Gasteiger partial charge in [-0.05, 0) is 6.92 Å². The summed E-state index contributed by atoms with van der Waals surface area (Å²) >= 11 is 0. The third-order valence-electron chi connectivity index (χ3n) is 1.19. The third-order valence-corrected chi connectivity index (χ3v) is 1.19. The van der Waals surface area contributed by atoms with Crippen molar-refractivity contribution in [2.75, 3.05) is 0 Å². The largest absolute Gasteiger partial charge is 0.444 e. The van der Waals surface area contributed by atoms with Gasteiger partial charge >= 0.3 is 0 Å². The second-order valence-corrected chi connectivity index (χ2v) is 1.98. The van der Waals surface area contributed by atoms with Crippen molar-refractivity contribution in [3.63, 3.8) is 0 Å². The van der Waals surface area contributed by atoms with E-state index in [1.807, 2.05) is 17.8 Å². The molecule has 0 aromatic carbocycles. The Hall–Kier alpha value is -1.39. The van der Waals surface area contributed by atoms with E-state index in [-0.39, 0.29) is 0 Å². The highest BCUT2D eigenvalue weighted by atomic mass is 16.6. The second kappa shape index (κ2) is 5.40. The summed E-state index contributed by atoms with van der Waals surface area (Å²) in [6, 6.07) is 0. The minimum Gasteiger partial charge on any atom is -0.444 e. The van der Waals surface area contributed by atoms with Gasteiger partial charge in [-0.1, -0.05) is 0 Å². The Kier molecular flexibility index (Phi) is 4.72. The van der Waals surface area contributed by atoms with E-state index in [4.69, 9.17) is 10.1 Å². The molecule has 0 spiro atoms. The van der Waals surface area contributed by atoms with Crippen LogP contribution in [0, 0.1) is 10.1 Å². The predicted molar refractivity (Wildman–Crippen MR) is 40.4 cm³/mol. The molecule has 0 atom stereocenters. The number of hydrogen-bond acceptors (Lipinski definition) is 3. The van der Waals surface area contributed by atoms with E-state index >= 15 is 0 Å². The maximum atomic E-state index is 8.00. The molecule has 0 aliphatic rings. The Morgan fingerprint density at radius 1 is 1.73 bits per heavy atom. The average molecular weight is 157 g/mol. The van der Waals surface area contributed by atoms with Crippen molar-refractivity contribution >= 4 is 0 Å². The Balaban J connectivity index is 0.000000292. The first-order valence-corrected chi connectivity index (χ1v) is 3.20. The molecular weight excluding hydrogens is 146 g/mol. The molecule has 1 aromatic heterocycles. The zero-order valence-corrected chi connectivity index (χ0v) is 6.60. The van der Waals surface area contributed by atoms with Crippen LogP contribution in [0.2, 0.25) is 0 Å². The fraction of sp³-hybridized carbons (Fsp3) is 0.500. The van der Waals surface area contributed by atoms with Gasteiger partial charge < -0.3 is 10.1 Å². The fourth-order valence-corrected chi connectivity index (χ4v) is 0.689. The zero-order valence-electron chi connectivity index (χ0n) is 6.60. The summed E-state index contributed by atoms with van der Waals surface area (Å²) in [5, 5.41) is 9.00. The molecule has 0 aliphatic heterocycles. The summed E-state index contributed by atoms with van der Waals surface area (Å²) in [4.78, 5) is 8.00. The van der Waals surface area contributed by atoms with Gasteiger partial charge in [-0.3, -0.25) is 0 Å². The normalized spacial score (nSPS) is 8.18. The van der Waals surface area contributed by atoms with Crippen molar-refractivity contribution in [1.82, 2.24) is 4.57 Å². The summed E-state index contributed by atoms with van der Waals surface area (Å²) in [5.41, 5.74) is 0. The Morgan fingerprint density at radius 3 is 2.45 bits per heavy atom. The van der Waals surface area contributed by atoms with Crippen LogP contribution in [0.1, 0.15) is 6.92 Å². The Morgan fingerprint density at radius 2 is 2.27 bits per heavy atom. The van der Waals surface area contributed by atoms with Crippen LogP contribution in [0.15, 0.2) is 24.1 Å². The first-order chi connectivity index (χ1) is 5.24. The highest BCUT2D eigenvalue weighted by Gasteiger charge is 1.92. The van der Waals surface area contributed by atoms with Gasteiger partial charge in [0, 0.05) is 0 Å². The minimum absolute atomic E-state index is 1.00. The Labute approximate surface area is 64.8 Å². The molecule has 0 bridgehead atoms. The Bertz CT molecular complexity index is 209. The lowest BCUT2D eigenvalue weighted by atomic mass is 10.7. The number of aromatic nitrogens is 2. The van der Waals surface area contributed by atoms with E-state index in [1.54, 1.807) is 0 Å². The van der Waals surface area contributed by atoms with Crippen LogP contribution in [0.3, 0.4) is 0 Å². The predicted octanol–water partition coefficient (Wildman–Crippen LogP) is 0.583. The summed E-state index contributed by atoms with van der Waals surface area (Å²) in [7, 11) is 2.02. The molecule has 0 radical (unpaired) electrons. The molecule has 0 fully saturated rings. The zero-order chi connectivity index (χ0) is 8.69. The van der Waals surface area contributed by atoms with Gasteiger partial charge in [-0.15, -0.1) is 5.34 Å². The van der Waals surface area contributed by atoms with Gasteiger partial charge in [-0.25, -0.2) is 9.13 Å². The maximum absolute atomic E-state index is 8.00. The van der Waals surface area contributed by atoms with Crippen LogP contribution in [0.5, 0.6) is 0 Å². The molecule has 1 rings (SSSR count). The lowest BCUT2D eigenvalue weighted by Gasteiger charge is -1.81. The smallest absolute Gasteiger partial charge is 0.243 e. The maximum Gasteiger partial charge on any atom is 0.243 e. The number of nitrogens with zero attached hydrogens (tertiary/aromatic N) is 3. The number of imidazole rings is 1. The molecule has 0 aliphatic carbocycles. The van der Waals surface area contributed by atoms with E-state index in [1.165, 1.54) is 0 Å². The highest BCUT2D eigenvalue weighted by molar-refractivity contribution is 4.63. The van der Waals surface area contributed by atoms with Crippen LogP contribution in [-0.2, 0) is 13.6 Å². The van der Waals surface area contributed by atoms with Crippen LogP contribution in [0.25, 0.3) is 0 Å². The topological polar surface area (TPSA) is 61.3 Å². The molecule has 5 heteroatoms. The molecule has 0 saturated heterocycles. The van der Waals surface area contributed by atoms with Crippen LogP contribution >= 0.6 is 0 Å². The molecular formula is C6H11N3O2. The van der Waals surface area contributed by atoms with Gasteiger partial charge in [0.25, 0.3) is 0 Å². The van der Waals surface area contributed by atoms with Gasteiger partial charge in [0.1, 0.15) is 12.4 Å². The summed E-state index contributed by atoms with van der Waals surface area (Å²) in [5.74, 6) is 0. The van der Waals surface area contributed by atoms with Gasteiger partial charge in [0.05, 0.1) is 13.6 Å². The van der Waals surface area contributed by atoms with E-state index in [0.29, 0.717) is 0 Å². The molecule has 0 unspecified atom stereocenters. The minimum atomic E-state index is 1.00. The molecule has 11 heavy (non-hydrogen) atoms. The molecule has 62 valence electrons. The van der Waals surface area contributed by atoms with E-state index < -0.39 is 0 Å². The third kappa shape index (κ3) is 4.07. The van der Waals surface area contributed by atoms with Crippen LogP contribution in [-0.4, -0.2) is 4.57 Å². The van der Waals surface area contributed by atoms with Crippen molar-refractivity contribution in [3.05, 3.63) is 28.8 Å². The fourth-order valence-electron chi connectivity index (χ4n) is 0.689. The number of rotatable bonds is 1. The van der Waals surface area contributed by atoms with Crippen LogP contribution < -0.4 is 4.57 Å². The monoisotopic (exact) mass is 157 g/mol. The number of hydrogen-bond donors (Lipinski definition) is 0. The van der Waals surface area contributed by atoms with Gasteiger partial charge in [0.2, 0.25) is 6.33 Å². The van der Waals surface area contributed by atoms with Gasteiger partial charge in [-0.2, -0.15) is 0 Å². The summed E-state index contributed by atoms with van der Waals surface area (Å²) in [6.45, 7) is 3.18. The van der Waals surface area contributed by atoms with Gasteiger partial charge in [0.15, 0.2) is 0 Å². The molecule has 1 heterocycles. The first kappa shape index (κ1) is 9.61. The van der Waals surface area contributed by atoms with Crippen molar-refractivity contribution < 1.29 is 4.57 Å². The average Bonchev–Trinajstić information content (AvgIpc) is 2.37.